The molecular formula is C19H30IN3O3. The summed E-state index contributed by atoms with van der Waals surface area (Å²) < 4.78 is 16.3. The second-order valence-electron chi connectivity index (χ2n) is 5.79. The van der Waals surface area contributed by atoms with Crippen molar-refractivity contribution in [1.29, 1.82) is 0 Å². The van der Waals surface area contributed by atoms with Crippen molar-refractivity contribution in [2.45, 2.75) is 32.2 Å². The summed E-state index contributed by atoms with van der Waals surface area (Å²) in [7, 11) is 4.88. The number of ether oxygens (including phenoxy) is 3. The van der Waals surface area contributed by atoms with Crippen LogP contribution in [0.15, 0.2) is 29.3 Å². The lowest BCUT2D eigenvalue weighted by Gasteiger charge is -2.17. The van der Waals surface area contributed by atoms with Crippen LogP contribution < -0.4 is 24.8 Å². The molecule has 0 heterocycles. The minimum absolute atomic E-state index is 0. The first kappa shape index (κ1) is 22.4. The molecule has 1 aromatic rings. The van der Waals surface area contributed by atoms with Gasteiger partial charge in [0.2, 0.25) is 5.75 Å². The first-order chi connectivity index (χ1) is 12.2. The highest BCUT2D eigenvalue weighted by Gasteiger charge is 2.16. The summed E-state index contributed by atoms with van der Waals surface area (Å²) in [6, 6.07) is 4.33. The van der Waals surface area contributed by atoms with Crippen LogP contribution in [0.1, 0.15) is 25.3 Å². The third-order valence-corrected chi connectivity index (χ3v) is 4.13. The van der Waals surface area contributed by atoms with E-state index in [9.17, 15) is 0 Å². The lowest BCUT2D eigenvalue weighted by Crippen LogP contribution is -2.42. The molecule has 26 heavy (non-hydrogen) atoms. The molecule has 146 valence electrons. The maximum atomic E-state index is 5.53. The second-order valence-corrected chi connectivity index (χ2v) is 5.79. The van der Waals surface area contributed by atoms with Gasteiger partial charge in [-0.1, -0.05) is 18.2 Å². The Balaban J connectivity index is 0.00000338. The van der Waals surface area contributed by atoms with E-state index in [1.165, 1.54) is 0 Å². The third-order valence-electron chi connectivity index (χ3n) is 4.13. The summed E-state index contributed by atoms with van der Waals surface area (Å²) in [4.78, 5) is 4.68. The van der Waals surface area contributed by atoms with Gasteiger partial charge in [-0.15, -0.1) is 24.0 Å². The molecule has 0 saturated carbocycles. The Morgan fingerprint density at radius 2 is 1.77 bits per heavy atom. The highest BCUT2D eigenvalue weighted by atomic mass is 127. The Kier molecular flexibility index (Phi) is 10.2. The van der Waals surface area contributed by atoms with Crippen molar-refractivity contribution in [3.63, 3.8) is 0 Å². The molecule has 0 spiro atoms. The van der Waals surface area contributed by atoms with Gasteiger partial charge in [0.25, 0.3) is 0 Å². The van der Waals surface area contributed by atoms with Crippen LogP contribution in [0.5, 0.6) is 17.2 Å². The van der Waals surface area contributed by atoms with Crippen molar-refractivity contribution in [3.8, 4) is 17.2 Å². The Morgan fingerprint density at radius 1 is 1.08 bits per heavy atom. The molecule has 7 heteroatoms. The third kappa shape index (κ3) is 5.96. The van der Waals surface area contributed by atoms with Gasteiger partial charge in [-0.25, -0.2) is 0 Å². The quantitative estimate of drug-likeness (QED) is 0.262. The second kappa shape index (κ2) is 11.9. The van der Waals surface area contributed by atoms with Crippen LogP contribution >= 0.6 is 24.0 Å². The average molecular weight is 475 g/mol. The maximum absolute atomic E-state index is 5.53. The van der Waals surface area contributed by atoms with Crippen molar-refractivity contribution in [3.05, 3.63) is 29.8 Å². The van der Waals surface area contributed by atoms with Gasteiger partial charge in [0.1, 0.15) is 0 Å². The van der Waals surface area contributed by atoms with Crippen molar-refractivity contribution in [2.75, 3.05) is 34.4 Å². The average Bonchev–Trinajstić information content (AvgIpc) is 3.14. The van der Waals surface area contributed by atoms with Gasteiger partial charge < -0.3 is 24.8 Å². The Hall–Kier alpha value is -1.64. The molecule has 1 aliphatic carbocycles. The van der Waals surface area contributed by atoms with Crippen molar-refractivity contribution in [2.24, 2.45) is 4.99 Å². The molecule has 1 aliphatic rings. The number of nitrogens with zero attached hydrogens (tertiary/aromatic N) is 1. The first-order valence-electron chi connectivity index (χ1n) is 8.71. The Morgan fingerprint density at radius 3 is 2.35 bits per heavy atom. The standard InChI is InChI=1S/C19H29N3O3.HI/c1-5-20-19(22-15-8-6-7-9-15)21-13-12-14-10-11-16(23-2)18(25-4)17(14)24-3;/h6-7,10-11,15H,5,8-9,12-13H2,1-4H3,(H2,20,21,22);1H. The van der Waals surface area contributed by atoms with Crippen LogP contribution in [-0.4, -0.2) is 46.4 Å². The van der Waals surface area contributed by atoms with Crippen LogP contribution in [0, 0.1) is 0 Å². The number of nitrogens with one attached hydrogen (secondary N) is 2. The van der Waals surface area contributed by atoms with E-state index in [0.717, 1.165) is 37.3 Å². The summed E-state index contributed by atoms with van der Waals surface area (Å²) in [5.41, 5.74) is 1.04. The van der Waals surface area contributed by atoms with Crippen LogP contribution in [0.3, 0.4) is 0 Å². The molecule has 0 aromatic heterocycles. The molecule has 0 radical (unpaired) electrons. The molecule has 0 atom stereocenters. The van der Waals surface area contributed by atoms with E-state index in [-0.39, 0.29) is 24.0 Å². The summed E-state index contributed by atoms with van der Waals surface area (Å²) in [6.07, 6.45) is 7.26. The van der Waals surface area contributed by atoms with Crippen LogP contribution in [0.25, 0.3) is 0 Å². The predicted molar refractivity (Wildman–Crippen MR) is 116 cm³/mol. The fourth-order valence-electron chi connectivity index (χ4n) is 2.90. The number of hydrogen-bond donors (Lipinski definition) is 2. The zero-order chi connectivity index (χ0) is 18.1. The predicted octanol–water partition coefficient (Wildman–Crippen LogP) is 3.15. The summed E-state index contributed by atoms with van der Waals surface area (Å²) in [5.74, 6) is 2.84. The number of aliphatic imine (C=N–C) groups is 1. The van der Waals surface area contributed by atoms with Crippen LogP contribution in [0.4, 0.5) is 0 Å². The Labute approximate surface area is 173 Å². The highest BCUT2D eigenvalue weighted by molar-refractivity contribution is 14.0. The van der Waals surface area contributed by atoms with Gasteiger partial charge in [-0.3, -0.25) is 4.99 Å². The minimum atomic E-state index is 0. The first-order valence-corrected chi connectivity index (χ1v) is 8.71. The zero-order valence-electron chi connectivity index (χ0n) is 16.0. The van der Waals surface area contributed by atoms with E-state index in [1.807, 2.05) is 12.1 Å². The minimum Gasteiger partial charge on any atom is -0.493 e. The summed E-state index contributed by atoms with van der Waals surface area (Å²) >= 11 is 0. The maximum Gasteiger partial charge on any atom is 0.203 e. The fourth-order valence-corrected chi connectivity index (χ4v) is 2.90. The fraction of sp³-hybridized carbons (Fsp3) is 0.526. The van der Waals surface area contributed by atoms with Gasteiger partial charge >= 0.3 is 0 Å². The molecular weight excluding hydrogens is 445 g/mol. The van der Waals surface area contributed by atoms with E-state index in [0.29, 0.717) is 29.8 Å². The van der Waals surface area contributed by atoms with Crippen LogP contribution in [0.2, 0.25) is 0 Å². The number of guanidine groups is 1. The molecule has 0 fully saturated rings. The monoisotopic (exact) mass is 475 g/mol. The lowest BCUT2D eigenvalue weighted by molar-refractivity contribution is 0.322. The van der Waals surface area contributed by atoms with E-state index in [2.05, 4.69) is 34.7 Å². The van der Waals surface area contributed by atoms with Gasteiger partial charge in [0, 0.05) is 24.7 Å². The summed E-state index contributed by atoms with van der Waals surface area (Å²) in [5, 5.41) is 6.77. The largest absolute Gasteiger partial charge is 0.493 e. The molecule has 0 amide bonds. The zero-order valence-corrected chi connectivity index (χ0v) is 18.3. The highest BCUT2D eigenvalue weighted by Crippen LogP contribution is 2.39. The van der Waals surface area contributed by atoms with Crippen LogP contribution in [-0.2, 0) is 6.42 Å². The van der Waals surface area contributed by atoms with E-state index >= 15 is 0 Å². The molecule has 6 nitrogen and oxygen atoms in total. The van der Waals surface area contributed by atoms with Gasteiger partial charge in [-0.2, -0.15) is 0 Å². The molecule has 2 rings (SSSR count). The van der Waals surface area contributed by atoms with Crippen molar-refractivity contribution in [1.82, 2.24) is 10.6 Å². The SMILES string of the molecule is CCNC(=NCCc1ccc(OC)c(OC)c1OC)NC1CC=CC1.I. The number of benzene rings is 1. The number of halogens is 1. The van der Waals surface area contributed by atoms with Gasteiger partial charge in [0.05, 0.1) is 21.3 Å². The van der Waals surface area contributed by atoms with Crippen molar-refractivity contribution < 1.29 is 14.2 Å². The van der Waals surface area contributed by atoms with Gasteiger partial charge in [-0.05, 0) is 32.3 Å². The molecule has 0 saturated heterocycles. The number of methoxy groups -OCH3 is 3. The molecule has 0 unspecified atom stereocenters. The topological polar surface area (TPSA) is 64.1 Å². The smallest absolute Gasteiger partial charge is 0.203 e. The van der Waals surface area contributed by atoms with E-state index in [4.69, 9.17) is 14.2 Å². The summed E-state index contributed by atoms with van der Waals surface area (Å²) in [6.45, 7) is 3.56. The van der Waals surface area contributed by atoms with Gasteiger partial charge in [0.15, 0.2) is 17.5 Å². The van der Waals surface area contributed by atoms with E-state index in [1.54, 1.807) is 21.3 Å². The molecule has 0 bridgehead atoms. The van der Waals surface area contributed by atoms with Crippen molar-refractivity contribution >= 4 is 29.9 Å². The normalized spacial score (nSPS) is 13.9. The number of hydrogen-bond acceptors (Lipinski definition) is 4. The molecule has 1 aromatic carbocycles. The van der Waals surface area contributed by atoms with E-state index < -0.39 is 0 Å². The number of rotatable bonds is 8. The Bertz CT molecular complexity index is 612. The lowest BCUT2D eigenvalue weighted by atomic mass is 10.1. The molecule has 2 N–H and O–H groups in total. The molecule has 0 aliphatic heterocycles.